The number of nitrogens with one attached hydrogen (secondary N) is 7. The number of benzene rings is 2. The van der Waals surface area contributed by atoms with Crippen LogP contribution in [-0.4, -0.2) is 170 Å². The van der Waals surface area contributed by atoms with Crippen molar-refractivity contribution in [2.24, 2.45) is 0 Å². The molecule has 7 amide bonds. The summed E-state index contributed by atoms with van der Waals surface area (Å²) in [5, 5.41) is 66.2. The number of hydrogen-bond donors (Lipinski definition) is 12. The quantitative estimate of drug-likeness (QED) is 0.0246. The van der Waals surface area contributed by atoms with E-state index < -0.39 is 127 Å². The fraction of sp³-hybridized carbons (Fsp3) is 0.469. The first-order chi connectivity index (χ1) is 35.5. The second-order valence-corrected chi connectivity index (χ2v) is 18.5. The Morgan fingerprint density at radius 2 is 1.19 bits per heavy atom. The van der Waals surface area contributed by atoms with E-state index in [9.17, 15) is 77.6 Å². The molecule has 0 radical (unpaired) electrons. The average Bonchev–Trinajstić information content (AvgIpc) is 3.34. The SMILES string of the molecule is C[N+]1(CC(=O)NC(Cc2ccc3ccccc3c2)C(=O)NCCCCC(NC(=O)NC(CCC(=O)O)C(=O)O)C(=O)O)CCC(NC(=O)CCC(NC(=O)CCC(NC(=O)c2ccnc(F)c2)C(=O)O)C(=O)O)CC1. The number of piperidine rings is 1. The van der Waals surface area contributed by atoms with Gasteiger partial charge >= 0.3 is 35.9 Å². The Bertz CT molecular complexity index is 2580. The molecule has 75 heavy (non-hydrogen) atoms. The Hall–Kier alpha value is -8.29. The third kappa shape index (κ3) is 20.6. The lowest BCUT2D eigenvalue weighted by molar-refractivity contribution is -0.906. The van der Waals surface area contributed by atoms with Crippen molar-refractivity contribution >= 4 is 76.2 Å². The topological polar surface area (TPSA) is 386 Å². The van der Waals surface area contributed by atoms with Crippen LogP contribution in [0.15, 0.2) is 60.8 Å². The van der Waals surface area contributed by atoms with E-state index in [2.05, 4.69) is 42.2 Å². The number of rotatable bonds is 30. The number of urea groups is 1. The largest absolute Gasteiger partial charge is 0.481 e. The molecule has 2 aromatic carbocycles. The van der Waals surface area contributed by atoms with E-state index >= 15 is 0 Å². The number of aromatic nitrogens is 1. The Labute approximate surface area is 429 Å². The van der Waals surface area contributed by atoms with Gasteiger partial charge in [0.1, 0.15) is 30.2 Å². The number of nitrogens with zero attached hydrogens (tertiary/aromatic N) is 2. The summed E-state index contributed by atoms with van der Waals surface area (Å²) in [7, 11) is 1.86. The summed E-state index contributed by atoms with van der Waals surface area (Å²) < 4.78 is 13.7. The highest BCUT2D eigenvalue weighted by molar-refractivity contribution is 5.96. The normalized spacial score (nSPS) is 17.1. The standard InChI is InChI=1S/C49H62FN9O16/c1-59(22-18-32(19-23-59)53-39(60)14-11-34(46(69)70)54-40(61)15-12-35(47(71)72)56-43(65)31-17-21-51-38(50)26-31)27-41(62)55-37(25-28-9-10-29-6-2-3-7-30(29)24-28)44(66)52-20-5-4-8-33(45(67)68)57-49(75)58-36(48(73)74)13-16-42(63)64/h2-3,6-7,9-10,17,21,24,26,32-37H,4-5,8,11-16,18-20,22-23,25,27H2,1H3,(H11-,52,53,54,55,56,57,58,60,61,62,63,64,65,66,67,68,69,70,71,72,73,74,75)/p+1. The second-order valence-electron chi connectivity index (χ2n) is 18.5. The van der Waals surface area contributed by atoms with Crippen LogP contribution in [0, 0.1) is 5.95 Å². The number of quaternary nitrogens is 1. The number of carboxylic acid groups (broad SMARTS) is 5. The fourth-order valence-electron chi connectivity index (χ4n) is 8.26. The highest BCUT2D eigenvalue weighted by Crippen LogP contribution is 2.19. The van der Waals surface area contributed by atoms with Crippen LogP contribution < -0.4 is 37.2 Å². The molecule has 1 saturated heterocycles. The Morgan fingerprint density at radius 1 is 0.627 bits per heavy atom. The Balaban J connectivity index is 1.25. The molecule has 5 unspecified atom stereocenters. The molecule has 12 N–H and O–H groups in total. The van der Waals surface area contributed by atoms with Gasteiger partial charge in [-0.05, 0) is 60.9 Å². The number of halogens is 1. The van der Waals surface area contributed by atoms with Gasteiger partial charge in [0.05, 0.1) is 20.1 Å². The number of carbonyl (C=O) groups excluding carboxylic acids is 6. The van der Waals surface area contributed by atoms with Crippen LogP contribution in [0.3, 0.4) is 0 Å². The maximum absolute atomic E-state index is 13.7. The molecule has 3 aromatic rings. The molecular formula is C49H63FN9O16+. The summed E-state index contributed by atoms with van der Waals surface area (Å²) in [6, 6.07) is 6.71. The fourth-order valence-corrected chi connectivity index (χ4v) is 8.26. The maximum atomic E-state index is 13.7. The molecular weight excluding hydrogens is 990 g/mol. The first-order valence-corrected chi connectivity index (χ1v) is 24.1. The van der Waals surface area contributed by atoms with E-state index in [1.807, 2.05) is 49.5 Å². The number of aliphatic carboxylic acids is 5. The number of likely N-dealkylation sites (N-methyl/N-ethyl adjacent to an activating group) is 1. The third-order valence-electron chi connectivity index (χ3n) is 12.4. The van der Waals surface area contributed by atoms with E-state index in [0.29, 0.717) is 25.9 Å². The number of likely N-dealkylation sites (tertiary alicyclic amines) is 1. The van der Waals surface area contributed by atoms with Crippen molar-refractivity contribution in [2.75, 3.05) is 33.2 Å². The first kappa shape index (κ1) is 59.3. The van der Waals surface area contributed by atoms with Gasteiger partial charge in [0.2, 0.25) is 23.7 Å². The van der Waals surface area contributed by atoms with Gasteiger partial charge < -0.3 is 67.2 Å². The monoisotopic (exact) mass is 1050 g/mol. The number of fused-ring (bicyclic) bond motifs is 1. The van der Waals surface area contributed by atoms with E-state index in [4.69, 9.17) is 5.11 Å². The van der Waals surface area contributed by atoms with Crippen LogP contribution in [0.1, 0.15) is 86.6 Å². The molecule has 5 atom stereocenters. The van der Waals surface area contributed by atoms with E-state index in [0.717, 1.165) is 34.7 Å². The number of carbonyl (C=O) groups is 11. The molecule has 1 aromatic heterocycles. The van der Waals surface area contributed by atoms with Crippen LogP contribution in [0.2, 0.25) is 0 Å². The minimum absolute atomic E-state index is 0.0175. The molecule has 0 aliphatic carbocycles. The van der Waals surface area contributed by atoms with Gasteiger partial charge in [0, 0.05) is 68.9 Å². The van der Waals surface area contributed by atoms with Crippen molar-refractivity contribution in [2.45, 2.75) is 113 Å². The number of amides is 7. The van der Waals surface area contributed by atoms with E-state index in [1.54, 1.807) is 0 Å². The number of pyridine rings is 1. The number of unbranched alkanes of at least 4 members (excludes halogenated alkanes) is 1. The molecule has 0 spiro atoms. The summed E-state index contributed by atoms with van der Waals surface area (Å²) in [6.45, 7) is 0.949. The van der Waals surface area contributed by atoms with Gasteiger partial charge in [-0.1, -0.05) is 42.5 Å². The molecule has 0 saturated carbocycles. The van der Waals surface area contributed by atoms with Gasteiger partial charge in [-0.3, -0.25) is 28.8 Å². The Morgan fingerprint density at radius 3 is 1.80 bits per heavy atom. The van der Waals surface area contributed by atoms with Gasteiger partial charge in [-0.15, -0.1) is 0 Å². The first-order valence-electron chi connectivity index (χ1n) is 24.1. The van der Waals surface area contributed by atoms with Crippen LogP contribution in [0.25, 0.3) is 10.8 Å². The molecule has 2 heterocycles. The lowest BCUT2D eigenvalue weighted by Crippen LogP contribution is -2.59. The third-order valence-corrected chi connectivity index (χ3v) is 12.4. The predicted molar refractivity (Wildman–Crippen MR) is 261 cm³/mol. The van der Waals surface area contributed by atoms with Crippen LogP contribution >= 0.6 is 0 Å². The van der Waals surface area contributed by atoms with E-state index in [-0.39, 0.29) is 67.7 Å². The lowest BCUT2D eigenvalue weighted by Gasteiger charge is -2.40. The van der Waals surface area contributed by atoms with Crippen molar-refractivity contribution < 1.29 is 87.1 Å². The summed E-state index contributed by atoms with van der Waals surface area (Å²) in [4.78, 5) is 139. The second kappa shape index (κ2) is 28.8. The summed E-state index contributed by atoms with van der Waals surface area (Å²) in [6.07, 6.45) is -0.0769. The molecule has 406 valence electrons. The zero-order chi connectivity index (χ0) is 55.2. The van der Waals surface area contributed by atoms with E-state index in [1.165, 1.54) is 0 Å². The van der Waals surface area contributed by atoms with Gasteiger partial charge in [0.15, 0.2) is 6.54 Å². The molecule has 0 bridgehead atoms. The van der Waals surface area contributed by atoms with Crippen molar-refractivity contribution in [1.82, 2.24) is 42.2 Å². The van der Waals surface area contributed by atoms with Crippen molar-refractivity contribution in [3.63, 3.8) is 0 Å². The molecule has 25 nitrogen and oxygen atoms in total. The minimum atomic E-state index is -1.57. The summed E-state index contributed by atoms with van der Waals surface area (Å²) in [5.41, 5.74) is 0.563. The summed E-state index contributed by atoms with van der Waals surface area (Å²) >= 11 is 0. The highest BCUT2D eigenvalue weighted by atomic mass is 19.1. The summed E-state index contributed by atoms with van der Waals surface area (Å²) in [5.74, 6) is -11.2. The zero-order valence-corrected chi connectivity index (χ0v) is 41.1. The maximum Gasteiger partial charge on any atom is 0.326 e. The van der Waals surface area contributed by atoms with Crippen LogP contribution in [0.5, 0.6) is 0 Å². The molecule has 4 rings (SSSR count). The smallest absolute Gasteiger partial charge is 0.326 e. The number of hydrogen-bond acceptors (Lipinski definition) is 12. The van der Waals surface area contributed by atoms with Crippen molar-refractivity contribution in [3.05, 3.63) is 77.9 Å². The molecule has 26 heteroatoms. The Kier molecular flexibility index (Phi) is 22.8. The van der Waals surface area contributed by atoms with Crippen molar-refractivity contribution in [1.29, 1.82) is 0 Å². The molecule has 1 aliphatic heterocycles. The van der Waals surface area contributed by atoms with Gasteiger partial charge in [0.25, 0.3) is 11.8 Å². The van der Waals surface area contributed by atoms with Crippen LogP contribution in [-0.2, 0) is 49.6 Å². The zero-order valence-electron chi connectivity index (χ0n) is 41.1. The molecule has 1 fully saturated rings. The van der Waals surface area contributed by atoms with Crippen molar-refractivity contribution in [3.8, 4) is 0 Å². The highest BCUT2D eigenvalue weighted by Gasteiger charge is 2.35. The average molecular weight is 1050 g/mol. The minimum Gasteiger partial charge on any atom is -0.481 e. The van der Waals surface area contributed by atoms with Gasteiger partial charge in [-0.25, -0.2) is 29.0 Å². The van der Waals surface area contributed by atoms with Crippen LogP contribution in [0.4, 0.5) is 9.18 Å². The molecule has 1 aliphatic rings. The lowest BCUT2D eigenvalue weighted by atomic mass is 10.0. The van der Waals surface area contributed by atoms with Gasteiger partial charge in [-0.2, -0.15) is 4.39 Å². The predicted octanol–water partition coefficient (Wildman–Crippen LogP) is 0.496. The number of carboxylic acids is 5.